The summed E-state index contributed by atoms with van der Waals surface area (Å²) >= 11 is 0. The van der Waals surface area contributed by atoms with Crippen molar-refractivity contribution in [2.75, 3.05) is 13.1 Å². The first-order valence-electron chi connectivity index (χ1n) is 6.93. The molecule has 2 aliphatic rings. The van der Waals surface area contributed by atoms with E-state index in [0.29, 0.717) is 18.6 Å². The largest absolute Gasteiger partial charge is 0.480 e. The van der Waals surface area contributed by atoms with Crippen molar-refractivity contribution in [3.8, 4) is 0 Å². The number of hydrogen-bond acceptors (Lipinski definition) is 3. The summed E-state index contributed by atoms with van der Waals surface area (Å²) in [4.78, 5) is 13.6. The van der Waals surface area contributed by atoms with Gasteiger partial charge in [-0.1, -0.05) is 19.8 Å². The fourth-order valence-corrected chi connectivity index (χ4v) is 2.78. The maximum absolute atomic E-state index is 11.2. The van der Waals surface area contributed by atoms with Gasteiger partial charge in [-0.05, 0) is 32.2 Å². The van der Waals surface area contributed by atoms with E-state index in [-0.39, 0.29) is 6.04 Å². The average molecular weight is 240 g/mol. The Balaban J connectivity index is 1.86. The van der Waals surface area contributed by atoms with Crippen LogP contribution in [0.25, 0.3) is 0 Å². The molecule has 2 aliphatic carbocycles. The van der Waals surface area contributed by atoms with Gasteiger partial charge in [0.05, 0.1) is 0 Å². The summed E-state index contributed by atoms with van der Waals surface area (Å²) < 4.78 is 0. The van der Waals surface area contributed by atoms with E-state index in [2.05, 4.69) is 17.1 Å². The molecule has 0 spiro atoms. The van der Waals surface area contributed by atoms with Crippen LogP contribution in [0.3, 0.4) is 0 Å². The molecule has 0 aromatic heterocycles. The highest BCUT2D eigenvalue weighted by molar-refractivity contribution is 5.73. The van der Waals surface area contributed by atoms with Crippen molar-refractivity contribution in [1.82, 2.24) is 10.2 Å². The zero-order chi connectivity index (χ0) is 12.3. The smallest absolute Gasteiger partial charge is 0.322 e. The Hall–Kier alpha value is -0.610. The Kier molecular flexibility index (Phi) is 4.40. The molecule has 0 radical (unpaired) electrons. The van der Waals surface area contributed by atoms with Crippen molar-refractivity contribution in [1.29, 1.82) is 0 Å². The van der Waals surface area contributed by atoms with E-state index in [4.69, 9.17) is 0 Å². The normalized spacial score (nSPS) is 23.2. The van der Waals surface area contributed by atoms with E-state index in [9.17, 15) is 9.90 Å². The fourth-order valence-electron chi connectivity index (χ4n) is 2.78. The number of nitrogens with zero attached hydrogens (tertiary/aromatic N) is 1. The van der Waals surface area contributed by atoms with Gasteiger partial charge in [-0.15, -0.1) is 0 Å². The van der Waals surface area contributed by atoms with Crippen LogP contribution in [0.2, 0.25) is 0 Å². The molecule has 1 atom stereocenters. The van der Waals surface area contributed by atoms with Gasteiger partial charge in [0.1, 0.15) is 6.04 Å². The quantitative estimate of drug-likeness (QED) is 0.707. The first kappa shape index (κ1) is 12.8. The van der Waals surface area contributed by atoms with Gasteiger partial charge in [-0.2, -0.15) is 0 Å². The summed E-state index contributed by atoms with van der Waals surface area (Å²) in [6, 6.07) is 0.685. The molecule has 0 amide bonds. The summed E-state index contributed by atoms with van der Waals surface area (Å²) in [5.74, 6) is -0.701. The number of likely N-dealkylation sites (N-methyl/N-ethyl adjacent to an activating group) is 1. The number of carboxylic acids is 1. The van der Waals surface area contributed by atoms with Crippen molar-refractivity contribution in [3.05, 3.63) is 0 Å². The molecule has 0 aliphatic heterocycles. The Morgan fingerprint density at radius 1 is 1.35 bits per heavy atom. The van der Waals surface area contributed by atoms with Crippen LogP contribution in [0.5, 0.6) is 0 Å². The van der Waals surface area contributed by atoms with Crippen molar-refractivity contribution in [2.45, 2.75) is 63.6 Å². The lowest BCUT2D eigenvalue weighted by Gasteiger charge is -2.30. The minimum Gasteiger partial charge on any atom is -0.480 e. The van der Waals surface area contributed by atoms with Crippen molar-refractivity contribution >= 4 is 5.97 Å². The Morgan fingerprint density at radius 3 is 2.47 bits per heavy atom. The standard InChI is InChI=1S/C13H24N2O2/c1-2-15(11-5-3-4-6-11)9-12(13(16)17)14-10-7-8-10/h10-12,14H,2-9H2,1H3,(H,16,17). The average Bonchev–Trinajstić information content (AvgIpc) is 2.95. The molecule has 1 unspecified atom stereocenters. The van der Waals surface area contributed by atoms with Crippen molar-refractivity contribution < 1.29 is 9.90 Å². The zero-order valence-corrected chi connectivity index (χ0v) is 10.7. The number of aliphatic carboxylic acids is 1. The molecule has 0 aromatic rings. The van der Waals surface area contributed by atoms with E-state index >= 15 is 0 Å². The molecular weight excluding hydrogens is 216 g/mol. The monoisotopic (exact) mass is 240 g/mol. The molecular formula is C13H24N2O2. The topological polar surface area (TPSA) is 52.6 Å². The number of carbonyl (C=O) groups is 1. The molecule has 4 heteroatoms. The van der Waals surface area contributed by atoms with Crippen LogP contribution in [0.1, 0.15) is 45.4 Å². The molecule has 0 heterocycles. The summed E-state index contributed by atoms with van der Waals surface area (Å²) in [6.45, 7) is 3.75. The van der Waals surface area contributed by atoms with Crippen LogP contribution in [0.15, 0.2) is 0 Å². The summed E-state index contributed by atoms with van der Waals surface area (Å²) in [5, 5.41) is 12.5. The van der Waals surface area contributed by atoms with Crippen molar-refractivity contribution in [2.24, 2.45) is 0 Å². The summed E-state index contributed by atoms with van der Waals surface area (Å²) in [7, 11) is 0. The fraction of sp³-hybridized carbons (Fsp3) is 0.923. The third kappa shape index (κ3) is 3.68. The minimum atomic E-state index is -0.701. The third-order valence-corrected chi connectivity index (χ3v) is 3.98. The summed E-state index contributed by atoms with van der Waals surface area (Å²) in [6.07, 6.45) is 7.36. The third-order valence-electron chi connectivity index (χ3n) is 3.98. The number of rotatable bonds is 7. The van der Waals surface area contributed by atoms with Crippen LogP contribution >= 0.6 is 0 Å². The van der Waals surface area contributed by atoms with E-state index in [1.807, 2.05) is 0 Å². The predicted molar refractivity (Wildman–Crippen MR) is 67.1 cm³/mol. The summed E-state index contributed by atoms with van der Waals surface area (Å²) in [5.41, 5.74) is 0. The lowest BCUT2D eigenvalue weighted by atomic mass is 10.1. The zero-order valence-electron chi connectivity index (χ0n) is 10.7. The van der Waals surface area contributed by atoms with Crippen LogP contribution in [0, 0.1) is 0 Å². The van der Waals surface area contributed by atoms with Gasteiger partial charge < -0.3 is 10.4 Å². The molecule has 98 valence electrons. The maximum Gasteiger partial charge on any atom is 0.322 e. The number of hydrogen-bond donors (Lipinski definition) is 2. The van der Waals surface area contributed by atoms with Gasteiger partial charge >= 0.3 is 5.97 Å². The Bertz CT molecular complexity index is 260. The SMILES string of the molecule is CCN(CC(NC1CC1)C(=O)O)C1CCCC1. The van der Waals surface area contributed by atoms with Gasteiger partial charge in [-0.3, -0.25) is 9.69 Å². The lowest BCUT2D eigenvalue weighted by molar-refractivity contribution is -0.140. The molecule has 17 heavy (non-hydrogen) atoms. The second-order valence-electron chi connectivity index (χ2n) is 5.36. The highest BCUT2D eigenvalue weighted by atomic mass is 16.4. The van der Waals surface area contributed by atoms with Crippen molar-refractivity contribution in [3.63, 3.8) is 0 Å². The first-order chi connectivity index (χ1) is 8.20. The Morgan fingerprint density at radius 2 is 2.00 bits per heavy atom. The lowest BCUT2D eigenvalue weighted by Crippen LogP contribution is -2.49. The van der Waals surface area contributed by atoms with Gasteiger partial charge in [0.25, 0.3) is 0 Å². The predicted octanol–water partition coefficient (Wildman–Crippen LogP) is 1.46. The molecule has 0 bridgehead atoms. The van der Waals surface area contributed by atoms with Crippen LogP contribution in [-0.4, -0.2) is 47.2 Å². The molecule has 0 saturated heterocycles. The molecule has 4 nitrogen and oxygen atoms in total. The first-order valence-corrected chi connectivity index (χ1v) is 6.93. The number of nitrogens with one attached hydrogen (secondary N) is 1. The molecule has 2 saturated carbocycles. The van der Waals surface area contributed by atoms with Crippen LogP contribution in [0.4, 0.5) is 0 Å². The van der Waals surface area contributed by atoms with E-state index in [1.165, 1.54) is 25.7 Å². The Labute approximate surface area is 103 Å². The van der Waals surface area contributed by atoms with E-state index < -0.39 is 5.97 Å². The maximum atomic E-state index is 11.2. The highest BCUT2D eigenvalue weighted by Crippen LogP contribution is 2.24. The molecule has 2 rings (SSSR count). The highest BCUT2D eigenvalue weighted by Gasteiger charge is 2.31. The second kappa shape index (κ2) is 5.83. The molecule has 0 aromatic carbocycles. The van der Waals surface area contributed by atoms with Gasteiger partial charge in [-0.25, -0.2) is 0 Å². The molecule has 2 fully saturated rings. The van der Waals surface area contributed by atoms with Crippen LogP contribution in [-0.2, 0) is 4.79 Å². The number of carboxylic acid groups (broad SMARTS) is 1. The van der Waals surface area contributed by atoms with Gasteiger partial charge in [0.15, 0.2) is 0 Å². The van der Waals surface area contributed by atoms with Gasteiger partial charge in [0, 0.05) is 18.6 Å². The minimum absolute atomic E-state index is 0.386. The van der Waals surface area contributed by atoms with Crippen LogP contribution < -0.4 is 5.32 Å². The van der Waals surface area contributed by atoms with E-state index in [0.717, 1.165) is 19.4 Å². The molecule has 2 N–H and O–H groups in total. The second-order valence-corrected chi connectivity index (χ2v) is 5.36. The van der Waals surface area contributed by atoms with E-state index in [1.54, 1.807) is 0 Å². The van der Waals surface area contributed by atoms with Gasteiger partial charge in [0.2, 0.25) is 0 Å².